The molecule has 6 heteroatoms. The van der Waals surface area contributed by atoms with Gasteiger partial charge in [-0.1, -0.05) is 39.1 Å². The summed E-state index contributed by atoms with van der Waals surface area (Å²) in [4.78, 5) is 10.4. The number of anilines is 1. The zero-order chi connectivity index (χ0) is 13.0. The smallest absolute Gasteiger partial charge is 0.328 e. The molecule has 0 atom stereocenters. The lowest BCUT2D eigenvalue weighted by atomic mass is 10.2. The summed E-state index contributed by atoms with van der Waals surface area (Å²) in [5.41, 5.74) is 1.27. The van der Waals surface area contributed by atoms with E-state index in [1.54, 1.807) is 19.1 Å². The van der Waals surface area contributed by atoms with Gasteiger partial charge >= 0.3 is 5.97 Å². The van der Waals surface area contributed by atoms with Crippen LogP contribution in [0.25, 0.3) is 0 Å². The Morgan fingerprint density at radius 1 is 1.47 bits per heavy atom. The number of rotatable bonds is 4. The predicted molar refractivity (Wildman–Crippen MR) is 74.0 cm³/mol. The highest BCUT2D eigenvalue weighted by Gasteiger charge is 2.07. The highest BCUT2D eigenvalue weighted by molar-refractivity contribution is 9.10. The average molecular weight is 339 g/mol. The molecular weight excluding hydrogens is 329 g/mol. The molecule has 0 unspecified atom stereocenters. The average Bonchev–Trinajstić information content (AvgIpc) is 2.14. The van der Waals surface area contributed by atoms with Gasteiger partial charge in [0.25, 0.3) is 0 Å². The molecule has 0 heterocycles. The molecule has 1 aromatic carbocycles. The number of carbonyl (C=O) groups is 1. The third kappa shape index (κ3) is 4.58. The molecule has 0 saturated heterocycles. The van der Waals surface area contributed by atoms with Crippen molar-refractivity contribution in [1.29, 1.82) is 0 Å². The Labute approximate surface area is 118 Å². The Kier molecular flexibility index (Phi) is 5.31. The molecule has 0 aliphatic carbocycles. The van der Waals surface area contributed by atoms with Crippen LogP contribution in [-0.4, -0.2) is 17.6 Å². The Bertz CT molecular complexity index is 452. The van der Waals surface area contributed by atoms with Gasteiger partial charge in [-0.05, 0) is 24.6 Å². The Hall–Kier alpha value is -0.710. The first-order chi connectivity index (χ1) is 7.90. The minimum atomic E-state index is -0.975. The van der Waals surface area contributed by atoms with Crippen LogP contribution in [0, 0.1) is 0 Å². The van der Waals surface area contributed by atoms with Crippen LogP contribution in [0.4, 0.5) is 5.69 Å². The SMILES string of the molecule is CC(=CC(=O)O)CNc1c(Cl)cc(Br)cc1Cl. The third-order valence-corrected chi connectivity index (χ3v) is 2.97. The number of hydrogen-bond acceptors (Lipinski definition) is 2. The highest BCUT2D eigenvalue weighted by Crippen LogP contribution is 2.33. The minimum Gasteiger partial charge on any atom is -0.478 e. The quantitative estimate of drug-likeness (QED) is 0.809. The monoisotopic (exact) mass is 337 g/mol. The van der Waals surface area contributed by atoms with Gasteiger partial charge in [-0.25, -0.2) is 4.79 Å². The van der Waals surface area contributed by atoms with Crippen molar-refractivity contribution in [3.05, 3.63) is 38.3 Å². The third-order valence-electron chi connectivity index (χ3n) is 1.92. The molecule has 0 fully saturated rings. The van der Waals surface area contributed by atoms with E-state index < -0.39 is 5.97 Å². The zero-order valence-corrected chi connectivity index (χ0v) is 12.0. The van der Waals surface area contributed by atoms with Gasteiger partial charge in [0, 0.05) is 17.1 Å². The largest absolute Gasteiger partial charge is 0.478 e. The second-order valence-corrected chi connectivity index (χ2v) is 5.16. The number of halogens is 3. The molecule has 92 valence electrons. The number of carboxylic acids is 1. The van der Waals surface area contributed by atoms with Crippen molar-refractivity contribution in [2.24, 2.45) is 0 Å². The molecule has 17 heavy (non-hydrogen) atoms. The Morgan fingerprint density at radius 2 is 2.00 bits per heavy atom. The molecule has 1 rings (SSSR count). The highest BCUT2D eigenvalue weighted by atomic mass is 79.9. The Balaban J connectivity index is 2.80. The van der Waals surface area contributed by atoms with Crippen molar-refractivity contribution in [3.8, 4) is 0 Å². The van der Waals surface area contributed by atoms with E-state index in [0.717, 1.165) is 10.5 Å². The number of nitrogens with one attached hydrogen (secondary N) is 1. The summed E-state index contributed by atoms with van der Waals surface area (Å²) in [5.74, 6) is -0.975. The molecule has 0 saturated carbocycles. The van der Waals surface area contributed by atoms with E-state index in [1.807, 2.05) is 0 Å². The first-order valence-corrected chi connectivity index (χ1v) is 6.23. The van der Waals surface area contributed by atoms with Gasteiger partial charge in [0.15, 0.2) is 0 Å². The lowest BCUT2D eigenvalue weighted by Gasteiger charge is -2.11. The van der Waals surface area contributed by atoms with Crippen LogP contribution in [-0.2, 0) is 4.79 Å². The first kappa shape index (κ1) is 14.4. The molecule has 3 nitrogen and oxygen atoms in total. The van der Waals surface area contributed by atoms with E-state index in [4.69, 9.17) is 28.3 Å². The van der Waals surface area contributed by atoms with Crippen molar-refractivity contribution in [3.63, 3.8) is 0 Å². The maximum atomic E-state index is 10.4. The predicted octanol–water partition coefficient (Wildman–Crippen LogP) is 4.20. The lowest BCUT2D eigenvalue weighted by molar-refractivity contribution is -0.131. The molecular formula is C11H10BrCl2NO2. The molecule has 2 N–H and O–H groups in total. The van der Waals surface area contributed by atoms with Crippen molar-refractivity contribution in [2.45, 2.75) is 6.92 Å². The fraction of sp³-hybridized carbons (Fsp3) is 0.182. The number of hydrogen-bond donors (Lipinski definition) is 2. The molecule has 0 amide bonds. The van der Waals surface area contributed by atoms with Crippen LogP contribution < -0.4 is 5.32 Å². The number of aliphatic carboxylic acids is 1. The zero-order valence-electron chi connectivity index (χ0n) is 8.93. The van der Waals surface area contributed by atoms with Crippen LogP contribution in [0.15, 0.2) is 28.3 Å². The second kappa shape index (κ2) is 6.28. The van der Waals surface area contributed by atoms with Crippen LogP contribution >= 0.6 is 39.1 Å². The molecule has 0 radical (unpaired) electrons. The maximum absolute atomic E-state index is 10.4. The van der Waals surface area contributed by atoms with Crippen LogP contribution in [0.3, 0.4) is 0 Å². The van der Waals surface area contributed by atoms with Crippen molar-refractivity contribution < 1.29 is 9.90 Å². The van der Waals surface area contributed by atoms with Crippen molar-refractivity contribution >= 4 is 50.8 Å². The van der Waals surface area contributed by atoms with Crippen LogP contribution in [0.2, 0.25) is 10.0 Å². The molecule has 1 aromatic rings. The first-order valence-electron chi connectivity index (χ1n) is 4.68. The van der Waals surface area contributed by atoms with Gasteiger partial charge in [-0.15, -0.1) is 0 Å². The summed E-state index contributed by atoms with van der Waals surface area (Å²) < 4.78 is 0.788. The summed E-state index contributed by atoms with van der Waals surface area (Å²) in [7, 11) is 0. The number of benzene rings is 1. The van der Waals surface area contributed by atoms with Gasteiger partial charge in [-0.2, -0.15) is 0 Å². The molecule has 0 aromatic heterocycles. The summed E-state index contributed by atoms with van der Waals surface area (Å²) in [5, 5.41) is 12.5. The van der Waals surface area contributed by atoms with Gasteiger partial charge < -0.3 is 10.4 Å². The van der Waals surface area contributed by atoms with Gasteiger partial charge in [0.2, 0.25) is 0 Å². The van der Waals surface area contributed by atoms with Crippen molar-refractivity contribution in [1.82, 2.24) is 0 Å². The van der Waals surface area contributed by atoms with E-state index in [9.17, 15) is 4.79 Å². The van der Waals surface area contributed by atoms with E-state index in [1.165, 1.54) is 0 Å². The Morgan fingerprint density at radius 3 is 2.47 bits per heavy atom. The van der Waals surface area contributed by atoms with Gasteiger partial charge in [0.05, 0.1) is 15.7 Å². The summed E-state index contributed by atoms with van der Waals surface area (Å²) in [6, 6.07) is 3.43. The lowest BCUT2D eigenvalue weighted by Crippen LogP contribution is -2.05. The topological polar surface area (TPSA) is 49.3 Å². The number of carboxylic acid groups (broad SMARTS) is 1. The fourth-order valence-corrected chi connectivity index (χ4v) is 2.54. The van der Waals surface area contributed by atoms with E-state index >= 15 is 0 Å². The van der Waals surface area contributed by atoms with Crippen molar-refractivity contribution in [2.75, 3.05) is 11.9 Å². The van der Waals surface area contributed by atoms with Crippen LogP contribution in [0.5, 0.6) is 0 Å². The minimum absolute atomic E-state index is 0.368. The molecule has 0 aliphatic rings. The van der Waals surface area contributed by atoms with Gasteiger partial charge in [0.1, 0.15) is 0 Å². The second-order valence-electron chi connectivity index (χ2n) is 3.43. The summed E-state index contributed by atoms with van der Waals surface area (Å²) >= 11 is 15.3. The maximum Gasteiger partial charge on any atom is 0.328 e. The van der Waals surface area contributed by atoms with Crippen LogP contribution in [0.1, 0.15) is 6.92 Å². The summed E-state index contributed by atoms with van der Waals surface area (Å²) in [6.07, 6.45) is 1.13. The normalized spacial score (nSPS) is 11.4. The summed E-state index contributed by atoms with van der Waals surface area (Å²) in [6.45, 7) is 2.08. The van der Waals surface area contributed by atoms with Gasteiger partial charge in [-0.3, -0.25) is 0 Å². The van der Waals surface area contributed by atoms with E-state index in [-0.39, 0.29) is 0 Å². The standard InChI is InChI=1S/C11H10BrCl2NO2/c1-6(2-10(16)17)5-15-11-8(13)3-7(12)4-9(11)14/h2-4,15H,5H2,1H3,(H,16,17). The fourth-order valence-electron chi connectivity index (χ4n) is 1.20. The molecule has 0 spiro atoms. The molecule has 0 aliphatic heterocycles. The van der Waals surface area contributed by atoms with E-state index in [0.29, 0.717) is 27.9 Å². The van der Waals surface area contributed by atoms with E-state index in [2.05, 4.69) is 21.2 Å². The molecule has 0 bridgehead atoms.